The Balaban J connectivity index is 1.89. The van der Waals surface area contributed by atoms with Gasteiger partial charge in [-0.1, -0.05) is 0 Å². The summed E-state index contributed by atoms with van der Waals surface area (Å²) in [5.41, 5.74) is 0.455. The van der Waals surface area contributed by atoms with Crippen molar-refractivity contribution in [2.45, 2.75) is 25.6 Å². The van der Waals surface area contributed by atoms with Crippen LogP contribution in [0.25, 0.3) is 0 Å². The van der Waals surface area contributed by atoms with Crippen molar-refractivity contribution >= 4 is 5.97 Å². The molecule has 1 aromatic rings. The Morgan fingerprint density at radius 1 is 1.50 bits per heavy atom. The first-order valence-electron chi connectivity index (χ1n) is 5.87. The maximum absolute atomic E-state index is 13.2. The average Bonchev–Trinajstić information content (AvgIpc) is 2.81. The quantitative estimate of drug-likeness (QED) is 0.875. The van der Waals surface area contributed by atoms with Gasteiger partial charge in [0.2, 0.25) is 0 Å². The molecule has 98 valence electrons. The van der Waals surface area contributed by atoms with Crippen LogP contribution < -0.4 is 0 Å². The highest BCUT2D eigenvalue weighted by atomic mass is 19.1. The zero-order valence-corrected chi connectivity index (χ0v) is 9.89. The van der Waals surface area contributed by atoms with E-state index < -0.39 is 11.8 Å². The number of rotatable bonds is 5. The van der Waals surface area contributed by atoms with Gasteiger partial charge in [0, 0.05) is 6.61 Å². The van der Waals surface area contributed by atoms with E-state index in [0.717, 1.165) is 25.5 Å². The zero-order valence-electron chi connectivity index (χ0n) is 9.89. The lowest BCUT2D eigenvalue weighted by Crippen LogP contribution is -2.14. The summed E-state index contributed by atoms with van der Waals surface area (Å²) >= 11 is 0. The second-order valence-electron chi connectivity index (χ2n) is 4.30. The Hall–Kier alpha value is -1.46. The van der Waals surface area contributed by atoms with E-state index in [1.54, 1.807) is 0 Å². The van der Waals surface area contributed by atoms with Crippen LogP contribution in [-0.4, -0.2) is 30.4 Å². The molecule has 5 heteroatoms. The fraction of sp³-hybridized carbons (Fsp3) is 0.462. The molecule has 18 heavy (non-hydrogen) atoms. The fourth-order valence-corrected chi connectivity index (χ4v) is 1.94. The van der Waals surface area contributed by atoms with Crippen LogP contribution in [0.5, 0.6) is 0 Å². The second kappa shape index (κ2) is 5.93. The first kappa shape index (κ1) is 13.0. The van der Waals surface area contributed by atoms with E-state index >= 15 is 0 Å². The topological polar surface area (TPSA) is 55.8 Å². The summed E-state index contributed by atoms with van der Waals surface area (Å²) in [7, 11) is 0. The normalized spacial score (nSPS) is 19.1. The third-order valence-corrected chi connectivity index (χ3v) is 2.80. The van der Waals surface area contributed by atoms with Gasteiger partial charge in [0.25, 0.3) is 0 Å². The molecule has 0 aromatic heterocycles. The Kier molecular flexibility index (Phi) is 4.28. The molecule has 1 heterocycles. The average molecular weight is 254 g/mol. The Morgan fingerprint density at radius 2 is 2.33 bits per heavy atom. The largest absolute Gasteiger partial charge is 0.478 e. The van der Waals surface area contributed by atoms with Crippen LogP contribution >= 0.6 is 0 Å². The number of carboxylic acids is 1. The van der Waals surface area contributed by atoms with Crippen molar-refractivity contribution in [2.24, 2.45) is 0 Å². The minimum Gasteiger partial charge on any atom is -0.478 e. The monoisotopic (exact) mass is 254 g/mol. The van der Waals surface area contributed by atoms with Crippen molar-refractivity contribution in [3.05, 3.63) is 35.1 Å². The van der Waals surface area contributed by atoms with E-state index in [1.165, 1.54) is 12.1 Å². The van der Waals surface area contributed by atoms with Crippen LogP contribution in [0, 0.1) is 5.82 Å². The van der Waals surface area contributed by atoms with Gasteiger partial charge in [-0.15, -0.1) is 0 Å². The molecule has 1 aromatic carbocycles. The molecular weight excluding hydrogens is 239 g/mol. The third kappa shape index (κ3) is 3.51. The van der Waals surface area contributed by atoms with Gasteiger partial charge in [-0.05, 0) is 36.6 Å². The lowest BCUT2D eigenvalue weighted by atomic mass is 10.1. The third-order valence-electron chi connectivity index (χ3n) is 2.80. The highest BCUT2D eigenvalue weighted by Gasteiger charge is 2.15. The van der Waals surface area contributed by atoms with Crippen molar-refractivity contribution in [3.63, 3.8) is 0 Å². The molecule has 0 saturated carbocycles. The van der Waals surface area contributed by atoms with E-state index in [1.807, 2.05) is 0 Å². The number of carboxylic acid groups (broad SMARTS) is 1. The molecule has 1 aliphatic rings. The Morgan fingerprint density at radius 3 is 3.00 bits per heavy atom. The second-order valence-corrected chi connectivity index (χ2v) is 4.30. The first-order chi connectivity index (χ1) is 8.65. The number of hydrogen-bond donors (Lipinski definition) is 1. The molecule has 1 saturated heterocycles. The maximum atomic E-state index is 13.2. The van der Waals surface area contributed by atoms with Gasteiger partial charge in [0.05, 0.1) is 24.9 Å². The summed E-state index contributed by atoms with van der Waals surface area (Å²) in [5.74, 6) is -1.71. The lowest BCUT2D eigenvalue weighted by Gasteiger charge is -2.10. The van der Waals surface area contributed by atoms with E-state index in [9.17, 15) is 9.18 Å². The summed E-state index contributed by atoms with van der Waals surface area (Å²) < 4.78 is 24.0. The summed E-state index contributed by atoms with van der Waals surface area (Å²) in [6.07, 6.45) is 2.12. The standard InChI is InChI=1S/C13H15FO4/c14-11-5-9(4-10(6-11)13(15)16)7-17-8-12-2-1-3-18-12/h4-6,12H,1-3,7-8H2,(H,15,16). The Bertz CT molecular complexity index is 427. The van der Waals surface area contributed by atoms with Gasteiger partial charge in [0.1, 0.15) is 5.82 Å². The molecule has 2 rings (SSSR count). The molecule has 0 bridgehead atoms. The van der Waals surface area contributed by atoms with Crippen LogP contribution in [0.3, 0.4) is 0 Å². The van der Waals surface area contributed by atoms with Gasteiger partial charge in [-0.25, -0.2) is 9.18 Å². The number of hydrogen-bond acceptors (Lipinski definition) is 3. The lowest BCUT2D eigenvalue weighted by molar-refractivity contribution is 0.0105. The van der Waals surface area contributed by atoms with Crippen molar-refractivity contribution in [1.82, 2.24) is 0 Å². The minimum absolute atomic E-state index is 0.0642. The van der Waals surface area contributed by atoms with Gasteiger partial charge in [-0.2, -0.15) is 0 Å². The van der Waals surface area contributed by atoms with E-state index in [0.29, 0.717) is 12.2 Å². The molecular formula is C13H15FO4. The molecule has 0 amide bonds. The van der Waals surface area contributed by atoms with Gasteiger partial charge in [-0.3, -0.25) is 0 Å². The van der Waals surface area contributed by atoms with Crippen LogP contribution in [-0.2, 0) is 16.1 Å². The maximum Gasteiger partial charge on any atom is 0.335 e. The molecule has 1 unspecified atom stereocenters. The summed E-state index contributed by atoms with van der Waals surface area (Å²) in [5, 5.41) is 8.80. The number of aromatic carboxylic acids is 1. The van der Waals surface area contributed by atoms with Gasteiger partial charge in [0.15, 0.2) is 0 Å². The minimum atomic E-state index is -1.14. The smallest absolute Gasteiger partial charge is 0.335 e. The Labute approximate surface area is 104 Å². The number of ether oxygens (including phenoxy) is 2. The van der Waals surface area contributed by atoms with Crippen molar-refractivity contribution < 1.29 is 23.8 Å². The number of carbonyl (C=O) groups is 1. The zero-order chi connectivity index (χ0) is 13.0. The number of benzene rings is 1. The SMILES string of the molecule is O=C(O)c1cc(F)cc(COCC2CCCO2)c1. The molecule has 0 spiro atoms. The molecule has 1 fully saturated rings. The highest BCUT2D eigenvalue weighted by Crippen LogP contribution is 2.14. The van der Waals surface area contributed by atoms with E-state index in [4.69, 9.17) is 14.6 Å². The predicted molar refractivity (Wildman–Crippen MR) is 62.0 cm³/mol. The molecule has 0 aliphatic carbocycles. The molecule has 0 radical (unpaired) electrons. The molecule has 1 aliphatic heterocycles. The summed E-state index contributed by atoms with van der Waals surface area (Å²) in [6, 6.07) is 3.69. The fourth-order valence-electron chi connectivity index (χ4n) is 1.94. The van der Waals surface area contributed by atoms with Crippen LogP contribution in [0.2, 0.25) is 0 Å². The van der Waals surface area contributed by atoms with Crippen LogP contribution in [0.15, 0.2) is 18.2 Å². The molecule has 1 N–H and O–H groups in total. The predicted octanol–water partition coefficient (Wildman–Crippen LogP) is 2.22. The first-order valence-corrected chi connectivity index (χ1v) is 5.87. The molecule has 1 atom stereocenters. The van der Waals surface area contributed by atoms with Gasteiger partial charge < -0.3 is 14.6 Å². The van der Waals surface area contributed by atoms with Crippen LogP contribution in [0.1, 0.15) is 28.8 Å². The molecule has 4 nitrogen and oxygen atoms in total. The van der Waals surface area contributed by atoms with Crippen molar-refractivity contribution in [2.75, 3.05) is 13.2 Å². The van der Waals surface area contributed by atoms with E-state index in [-0.39, 0.29) is 18.3 Å². The van der Waals surface area contributed by atoms with E-state index in [2.05, 4.69) is 0 Å². The highest BCUT2D eigenvalue weighted by molar-refractivity contribution is 5.87. The van der Waals surface area contributed by atoms with Crippen LogP contribution in [0.4, 0.5) is 4.39 Å². The van der Waals surface area contributed by atoms with Crippen molar-refractivity contribution in [3.8, 4) is 0 Å². The van der Waals surface area contributed by atoms with Gasteiger partial charge >= 0.3 is 5.97 Å². The number of halogens is 1. The van der Waals surface area contributed by atoms with Crippen molar-refractivity contribution in [1.29, 1.82) is 0 Å². The summed E-state index contributed by atoms with van der Waals surface area (Å²) in [4.78, 5) is 10.8. The summed E-state index contributed by atoms with van der Waals surface area (Å²) in [6.45, 7) is 1.41.